The van der Waals surface area contributed by atoms with E-state index < -0.39 is 5.72 Å². The average molecular weight is 337 g/mol. The van der Waals surface area contributed by atoms with E-state index in [4.69, 9.17) is 4.74 Å². The first kappa shape index (κ1) is 18.7. The number of allylic oxidation sites excluding steroid dienone is 2. The van der Waals surface area contributed by atoms with Crippen LogP contribution in [0.5, 0.6) is 0 Å². The number of benzene rings is 1. The van der Waals surface area contributed by atoms with Gasteiger partial charge in [0, 0.05) is 5.69 Å². The fraction of sp³-hybridized carbons (Fsp3) is 0.333. The summed E-state index contributed by atoms with van der Waals surface area (Å²) in [6, 6.07) is 9.46. The second-order valence-corrected chi connectivity index (χ2v) is 5.92. The van der Waals surface area contributed by atoms with Gasteiger partial charge in [-0.25, -0.2) is 0 Å². The summed E-state index contributed by atoms with van der Waals surface area (Å²) in [7, 11) is 0. The molecule has 1 fully saturated rings. The third-order valence-electron chi connectivity index (χ3n) is 4.06. The van der Waals surface area contributed by atoms with Crippen molar-refractivity contribution < 1.29 is 14.3 Å². The van der Waals surface area contributed by atoms with Crippen LogP contribution in [0.1, 0.15) is 26.7 Å². The number of nitrogens with zero attached hydrogens (tertiary/aromatic N) is 1. The molecule has 1 atom stereocenters. The third kappa shape index (κ3) is 4.07. The maximum Gasteiger partial charge on any atom is 0.235 e. The number of hydrogen-bond donors (Lipinski definition) is 0. The van der Waals surface area contributed by atoms with Crippen molar-refractivity contribution in [3.8, 4) is 12.3 Å². The van der Waals surface area contributed by atoms with Crippen molar-refractivity contribution in [1.82, 2.24) is 0 Å². The summed E-state index contributed by atoms with van der Waals surface area (Å²) in [4.78, 5) is 26.1. The number of hydrogen-bond acceptors (Lipinski definition) is 3. The SMILES string of the molecule is C#CC.CCCC1COC2(C=CC(=O)C=C2)N(c2ccccc2)C1=O. The highest BCUT2D eigenvalue weighted by Crippen LogP contribution is 2.36. The second-order valence-electron chi connectivity index (χ2n) is 5.92. The summed E-state index contributed by atoms with van der Waals surface area (Å²) < 4.78 is 6.04. The van der Waals surface area contributed by atoms with Crippen LogP contribution in [0, 0.1) is 18.3 Å². The molecule has 0 bridgehead atoms. The monoisotopic (exact) mass is 337 g/mol. The van der Waals surface area contributed by atoms with E-state index in [-0.39, 0.29) is 17.6 Å². The van der Waals surface area contributed by atoms with E-state index in [0.717, 1.165) is 18.5 Å². The Morgan fingerprint density at radius 2 is 1.84 bits per heavy atom. The quantitative estimate of drug-likeness (QED) is 0.793. The highest BCUT2D eigenvalue weighted by atomic mass is 16.5. The first-order valence-electron chi connectivity index (χ1n) is 8.40. The molecular weight excluding hydrogens is 314 g/mol. The Morgan fingerprint density at radius 3 is 2.40 bits per heavy atom. The zero-order valence-corrected chi connectivity index (χ0v) is 14.6. The van der Waals surface area contributed by atoms with Crippen molar-refractivity contribution in [3.05, 3.63) is 54.6 Å². The number of ketones is 1. The molecule has 2 aliphatic rings. The second kappa shape index (κ2) is 8.46. The number of terminal acetylenes is 1. The van der Waals surface area contributed by atoms with Gasteiger partial charge in [0.1, 0.15) is 0 Å². The molecule has 4 heteroatoms. The molecule has 3 rings (SSSR count). The zero-order valence-electron chi connectivity index (χ0n) is 14.6. The van der Waals surface area contributed by atoms with Gasteiger partial charge in [-0.15, -0.1) is 12.3 Å². The number of amides is 1. The Balaban J connectivity index is 0.000000701. The predicted octanol–water partition coefficient (Wildman–Crippen LogP) is 3.50. The van der Waals surface area contributed by atoms with E-state index in [9.17, 15) is 9.59 Å². The summed E-state index contributed by atoms with van der Waals surface area (Å²) in [5.41, 5.74) is -0.215. The van der Waals surface area contributed by atoms with Crippen molar-refractivity contribution in [2.24, 2.45) is 5.92 Å². The molecule has 1 aromatic rings. The van der Waals surface area contributed by atoms with Gasteiger partial charge in [0.15, 0.2) is 11.5 Å². The number of carbonyl (C=O) groups is 2. The zero-order chi connectivity index (χ0) is 18.3. The first-order chi connectivity index (χ1) is 12.1. The molecule has 4 nitrogen and oxygen atoms in total. The summed E-state index contributed by atoms with van der Waals surface area (Å²) in [6.45, 7) is 4.09. The lowest BCUT2D eigenvalue weighted by Crippen LogP contribution is -2.59. The highest BCUT2D eigenvalue weighted by Gasteiger charge is 2.46. The largest absolute Gasteiger partial charge is 0.347 e. The predicted molar refractivity (Wildman–Crippen MR) is 98.8 cm³/mol. The molecule has 1 heterocycles. The number of ether oxygens (including phenoxy) is 1. The van der Waals surface area contributed by atoms with Gasteiger partial charge in [-0.2, -0.15) is 0 Å². The Kier molecular flexibility index (Phi) is 6.32. The molecule has 1 aromatic carbocycles. The maximum absolute atomic E-state index is 13.0. The summed E-state index contributed by atoms with van der Waals surface area (Å²) in [5, 5.41) is 0. The van der Waals surface area contributed by atoms with E-state index in [1.54, 1.807) is 24.0 Å². The Bertz CT molecular complexity index is 696. The van der Waals surface area contributed by atoms with Crippen LogP contribution in [0.4, 0.5) is 5.69 Å². The van der Waals surface area contributed by atoms with Crippen LogP contribution in [-0.2, 0) is 14.3 Å². The van der Waals surface area contributed by atoms with Crippen LogP contribution in [0.15, 0.2) is 54.6 Å². The lowest BCUT2D eigenvalue weighted by Gasteiger charge is -2.46. The summed E-state index contributed by atoms with van der Waals surface area (Å²) in [6.07, 6.45) is 12.6. The molecular formula is C21H23NO3. The normalized spacial score (nSPS) is 20.8. The van der Waals surface area contributed by atoms with Crippen molar-refractivity contribution in [1.29, 1.82) is 0 Å². The molecule has 130 valence electrons. The number of rotatable bonds is 3. The van der Waals surface area contributed by atoms with Gasteiger partial charge in [-0.1, -0.05) is 31.5 Å². The van der Waals surface area contributed by atoms with Crippen molar-refractivity contribution in [2.75, 3.05) is 11.5 Å². The molecule has 0 radical (unpaired) electrons. The number of carbonyl (C=O) groups excluding carboxylic acids is 2. The van der Waals surface area contributed by atoms with Crippen LogP contribution < -0.4 is 4.90 Å². The molecule has 0 saturated carbocycles. The van der Waals surface area contributed by atoms with E-state index in [2.05, 4.69) is 19.3 Å². The summed E-state index contributed by atoms with van der Waals surface area (Å²) in [5.74, 6) is 2.06. The van der Waals surface area contributed by atoms with Gasteiger partial charge in [0.05, 0.1) is 12.5 Å². The van der Waals surface area contributed by atoms with Crippen LogP contribution in [0.25, 0.3) is 0 Å². The number of para-hydroxylation sites is 1. The Labute approximate surface area is 149 Å². The van der Waals surface area contributed by atoms with Crippen LogP contribution in [-0.4, -0.2) is 24.0 Å². The van der Waals surface area contributed by atoms with Crippen LogP contribution in [0.3, 0.4) is 0 Å². The first-order valence-corrected chi connectivity index (χ1v) is 8.40. The van der Waals surface area contributed by atoms with E-state index >= 15 is 0 Å². The van der Waals surface area contributed by atoms with Gasteiger partial charge < -0.3 is 4.74 Å². The molecule has 1 unspecified atom stereocenters. The topological polar surface area (TPSA) is 46.6 Å². The molecule has 1 amide bonds. The fourth-order valence-corrected chi connectivity index (χ4v) is 2.95. The minimum atomic E-state index is -0.989. The molecule has 1 aliphatic carbocycles. The van der Waals surface area contributed by atoms with Crippen LogP contribution in [0.2, 0.25) is 0 Å². The minimum Gasteiger partial charge on any atom is -0.347 e. The van der Waals surface area contributed by atoms with Gasteiger partial charge in [-0.05, 0) is 49.8 Å². The molecule has 25 heavy (non-hydrogen) atoms. The lowest BCUT2D eigenvalue weighted by molar-refractivity contribution is -0.138. The Morgan fingerprint density at radius 1 is 1.24 bits per heavy atom. The van der Waals surface area contributed by atoms with Gasteiger partial charge in [-0.3, -0.25) is 14.5 Å². The van der Waals surface area contributed by atoms with E-state index in [1.165, 1.54) is 12.2 Å². The average Bonchev–Trinajstić information content (AvgIpc) is 2.62. The van der Waals surface area contributed by atoms with Gasteiger partial charge >= 0.3 is 0 Å². The standard InChI is InChI=1S/C18H19NO3.C3H4/c1-2-6-14-13-22-18(11-9-16(20)10-12-18)19(17(14)21)15-7-4-3-5-8-15;1-3-2/h3-5,7-12,14H,2,6,13H2,1H3;1H,2H3. The van der Waals surface area contributed by atoms with E-state index in [0.29, 0.717) is 6.61 Å². The van der Waals surface area contributed by atoms with Crippen molar-refractivity contribution in [3.63, 3.8) is 0 Å². The molecule has 1 aliphatic heterocycles. The third-order valence-corrected chi connectivity index (χ3v) is 4.06. The fourth-order valence-electron chi connectivity index (χ4n) is 2.95. The number of anilines is 1. The van der Waals surface area contributed by atoms with Gasteiger partial charge in [0.25, 0.3) is 0 Å². The van der Waals surface area contributed by atoms with E-state index in [1.807, 2.05) is 30.3 Å². The Hall–Kier alpha value is -2.64. The molecule has 1 spiro atoms. The minimum absolute atomic E-state index is 0.0444. The molecule has 0 aromatic heterocycles. The van der Waals surface area contributed by atoms with Gasteiger partial charge in [0.2, 0.25) is 5.91 Å². The van der Waals surface area contributed by atoms with Crippen LogP contribution >= 0.6 is 0 Å². The molecule has 0 N–H and O–H groups in total. The highest BCUT2D eigenvalue weighted by molar-refractivity contribution is 6.03. The van der Waals surface area contributed by atoms with Crippen molar-refractivity contribution in [2.45, 2.75) is 32.4 Å². The smallest absolute Gasteiger partial charge is 0.235 e. The maximum atomic E-state index is 13.0. The van der Waals surface area contributed by atoms with Crippen molar-refractivity contribution >= 4 is 17.4 Å². The lowest BCUT2D eigenvalue weighted by atomic mass is 9.94. The molecule has 1 saturated heterocycles. The summed E-state index contributed by atoms with van der Waals surface area (Å²) >= 11 is 0.